The van der Waals surface area contributed by atoms with Gasteiger partial charge in [-0.05, 0) is 25.1 Å². The third-order valence-electron chi connectivity index (χ3n) is 3.43. The van der Waals surface area contributed by atoms with Gasteiger partial charge in [0.05, 0.1) is 17.5 Å². The Bertz CT molecular complexity index is 883. The second-order valence-electron chi connectivity index (χ2n) is 4.85. The molecule has 1 aliphatic heterocycles. The second-order valence-corrected chi connectivity index (χ2v) is 6.23. The van der Waals surface area contributed by atoms with E-state index in [2.05, 4.69) is 10.2 Å². The normalized spacial score (nSPS) is 13.8. The summed E-state index contributed by atoms with van der Waals surface area (Å²) in [5, 5.41) is 14.6. The number of aryl methyl sites for hydroxylation is 1. The zero-order chi connectivity index (χ0) is 15.1. The molecule has 7 heteroatoms. The molecule has 0 radical (unpaired) electrons. The maximum absolute atomic E-state index is 6.07. The SMILES string of the molecule is Cc1occc1-c1nnc2n1N=C(c1cccc(Cl)c1)CS2. The molecule has 0 saturated carbocycles. The van der Waals surface area contributed by atoms with E-state index in [1.54, 1.807) is 22.7 Å². The molecule has 1 aliphatic rings. The first-order chi connectivity index (χ1) is 10.7. The van der Waals surface area contributed by atoms with Gasteiger partial charge in [0.1, 0.15) is 5.76 Å². The lowest BCUT2D eigenvalue weighted by Crippen LogP contribution is -2.13. The van der Waals surface area contributed by atoms with Gasteiger partial charge in [0, 0.05) is 16.3 Å². The van der Waals surface area contributed by atoms with Gasteiger partial charge in [-0.3, -0.25) is 0 Å². The summed E-state index contributed by atoms with van der Waals surface area (Å²) in [6.45, 7) is 1.90. The number of thioether (sulfide) groups is 1. The van der Waals surface area contributed by atoms with E-state index in [0.717, 1.165) is 33.5 Å². The molecule has 0 saturated heterocycles. The van der Waals surface area contributed by atoms with Crippen LogP contribution < -0.4 is 0 Å². The third kappa shape index (κ3) is 2.24. The standard InChI is InChI=1S/C15H11ClN4OS/c1-9-12(5-6-21-9)14-17-18-15-20(14)19-13(8-22-15)10-3-2-4-11(16)7-10/h2-7H,8H2,1H3. The lowest BCUT2D eigenvalue weighted by Gasteiger charge is -2.13. The molecule has 5 nitrogen and oxygen atoms in total. The molecule has 0 N–H and O–H groups in total. The third-order valence-corrected chi connectivity index (χ3v) is 4.59. The van der Waals surface area contributed by atoms with Crippen molar-refractivity contribution in [1.29, 1.82) is 0 Å². The fourth-order valence-electron chi connectivity index (χ4n) is 2.32. The van der Waals surface area contributed by atoms with Gasteiger partial charge in [0.25, 0.3) is 0 Å². The zero-order valence-corrected chi connectivity index (χ0v) is 13.2. The van der Waals surface area contributed by atoms with Gasteiger partial charge in [-0.15, -0.1) is 10.2 Å². The van der Waals surface area contributed by atoms with Crippen LogP contribution in [0.3, 0.4) is 0 Å². The van der Waals surface area contributed by atoms with Crippen LogP contribution in [0.5, 0.6) is 0 Å². The number of halogens is 1. The van der Waals surface area contributed by atoms with E-state index < -0.39 is 0 Å². The van der Waals surface area contributed by atoms with Gasteiger partial charge in [0.15, 0.2) is 5.82 Å². The summed E-state index contributed by atoms with van der Waals surface area (Å²) in [5.74, 6) is 2.22. The van der Waals surface area contributed by atoms with E-state index in [1.807, 2.05) is 37.3 Å². The number of rotatable bonds is 2. The van der Waals surface area contributed by atoms with Gasteiger partial charge >= 0.3 is 0 Å². The van der Waals surface area contributed by atoms with Crippen LogP contribution >= 0.6 is 23.4 Å². The van der Waals surface area contributed by atoms with E-state index >= 15 is 0 Å². The Kier molecular flexibility index (Phi) is 3.28. The van der Waals surface area contributed by atoms with Crippen LogP contribution in [0.1, 0.15) is 11.3 Å². The number of fused-ring (bicyclic) bond motifs is 1. The van der Waals surface area contributed by atoms with Crippen LogP contribution in [0.4, 0.5) is 0 Å². The topological polar surface area (TPSA) is 56.2 Å². The monoisotopic (exact) mass is 330 g/mol. The van der Waals surface area contributed by atoms with Crippen molar-refractivity contribution in [2.75, 3.05) is 5.75 Å². The molecule has 0 bridgehead atoms. The maximum atomic E-state index is 6.07. The molecule has 0 aliphatic carbocycles. The summed E-state index contributed by atoms with van der Waals surface area (Å²) in [4.78, 5) is 0. The lowest BCUT2D eigenvalue weighted by atomic mass is 10.1. The van der Waals surface area contributed by atoms with Crippen LogP contribution in [0.25, 0.3) is 11.4 Å². The van der Waals surface area contributed by atoms with E-state index in [1.165, 1.54) is 0 Å². The fraction of sp³-hybridized carbons (Fsp3) is 0.133. The zero-order valence-electron chi connectivity index (χ0n) is 11.7. The van der Waals surface area contributed by atoms with Gasteiger partial charge in [-0.2, -0.15) is 9.78 Å². The Morgan fingerprint density at radius 2 is 2.18 bits per heavy atom. The second kappa shape index (κ2) is 5.30. The first kappa shape index (κ1) is 13.6. The summed E-state index contributed by atoms with van der Waals surface area (Å²) < 4.78 is 7.12. The quantitative estimate of drug-likeness (QED) is 0.716. The molecule has 3 aromatic rings. The highest BCUT2D eigenvalue weighted by atomic mass is 35.5. The highest BCUT2D eigenvalue weighted by Crippen LogP contribution is 2.30. The number of furan rings is 1. The van der Waals surface area contributed by atoms with Crippen molar-refractivity contribution in [3.8, 4) is 11.4 Å². The highest BCUT2D eigenvalue weighted by Gasteiger charge is 2.22. The van der Waals surface area contributed by atoms with E-state index in [4.69, 9.17) is 21.1 Å². The Labute approximate surface area is 136 Å². The van der Waals surface area contributed by atoms with Crippen molar-refractivity contribution in [3.05, 3.63) is 52.9 Å². The largest absolute Gasteiger partial charge is 0.469 e. The number of nitrogens with zero attached hydrogens (tertiary/aromatic N) is 4. The minimum atomic E-state index is 0.688. The summed E-state index contributed by atoms with van der Waals surface area (Å²) in [6.07, 6.45) is 1.64. The van der Waals surface area contributed by atoms with Crippen molar-refractivity contribution < 1.29 is 4.42 Å². The average Bonchev–Trinajstić information content (AvgIpc) is 3.12. The van der Waals surface area contributed by atoms with E-state index in [-0.39, 0.29) is 0 Å². The summed E-state index contributed by atoms with van der Waals surface area (Å²) in [7, 11) is 0. The van der Waals surface area contributed by atoms with Crippen molar-refractivity contribution in [2.45, 2.75) is 12.1 Å². The molecule has 0 atom stereocenters. The highest BCUT2D eigenvalue weighted by molar-refractivity contribution is 7.99. The molecule has 110 valence electrons. The predicted molar refractivity (Wildman–Crippen MR) is 86.6 cm³/mol. The van der Waals surface area contributed by atoms with Gasteiger partial charge in [-0.1, -0.05) is 35.5 Å². The molecule has 22 heavy (non-hydrogen) atoms. The van der Waals surface area contributed by atoms with Crippen molar-refractivity contribution in [1.82, 2.24) is 14.9 Å². The van der Waals surface area contributed by atoms with Gasteiger partial charge in [-0.25, -0.2) is 0 Å². The first-order valence-electron chi connectivity index (χ1n) is 6.69. The maximum Gasteiger partial charge on any atom is 0.212 e. The number of hydrogen-bond donors (Lipinski definition) is 0. The summed E-state index contributed by atoms with van der Waals surface area (Å²) in [6, 6.07) is 9.57. The van der Waals surface area contributed by atoms with Crippen LogP contribution in [-0.2, 0) is 0 Å². The molecule has 2 aromatic heterocycles. The summed E-state index contributed by atoms with van der Waals surface area (Å²) >= 11 is 7.68. The van der Waals surface area contributed by atoms with Gasteiger partial charge in [0.2, 0.25) is 5.16 Å². The van der Waals surface area contributed by atoms with Crippen LogP contribution in [0, 0.1) is 6.92 Å². The predicted octanol–water partition coefficient (Wildman–Crippen LogP) is 3.86. The Balaban J connectivity index is 1.83. The molecule has 0 amide bonds. The molecule has 4 rings (SSSR count). The minimum absolute atomic E-state index is 0.688. The van der Waals surface area contributed by atoms with Crippen LogP contribution in [0.15, 0.2) is 51.3 Å². The van der Waals surface area contributed by atoms with Crippen molar-refractivity contribution in [3.63, 3.8) is 0 Å². The van der Waals surface area contributed by atoms with Crippen LogP contribution in [0.2, 0.25) is 5.02 Å². The smallest absolute Gasteiger partial charge is 0.212 e. The molecular formula is C15H11ClN4OS. The molecule has 3 heterocycles. The molecule has 0 spiro atoms. The minimum Gasteiger partial charge on any atom is -0.469 e. The van der Waals surface area contributed by atoms with E-state index in [0.29, 0.717) is 10.8 Å². The average molecular weight is 331 g/mol. The van der Waals surface area contributed by atoms with Crippen LogP contribution in [-0.4, -0.2) is 26.3 Å². The first-order valence-corrected chi connectivity index (χ1v) is 8.05. The summed E-state index contributed by atoms with van der Waals surface area (Å²) in [5.41, 5.74) is 2.85. The van der Waals surface area contributed by atoms with Crippen molar-refractivity contribution in [2.24, 2.45) is 5.10 Å². The van der Waals surface area contributed by atoms with Gasteiger partial charge < -0.3 is 4.42 Å². The Hall–Kier alpha value is -2.05. The number of benzene rings is 1. The molecular weight excluding hydrogens is 320 g/mol. The van der Waals surface area contributed by atoms with E-state index in [9.17, 15) is 0 Å². The van der Waals surface area contributed by atoms with Crippen molar-refractivity contribution >= 4 is 29.1 Å². The number of hydrogen-bond acceptors (Lipinski definition) is 5. The lowest BCUT2D eigenvalue weighted by molar-refractivity contribution is 0.534. The Morgan fingerprint density at radius 1 is 1.27 bits per heavy atom. The molecule has 1 aromatic carbocycles. The Morgan fingerprint density at radius 3 is 2.95 bits per heavy atom. The number of aromatic nitrogens is 3. The molecule has 0 unspecified atom stereocenters. The molecule has 0 fully saturated rings. The fourth-order valence-corrected chi connectivity index (χ4v) is 3.35.